The van der Waals surface area contributed by atoms with Crippen molar-refractivity contribution in [3.8, 4) is 28.9 Å². The van der Waals surface area contributed by atoms with Gasteiger partial charge in [-0.3, -0.25) is 0 Å². The van der Waals surface area contributed by atoms with Crippen LogP contribution < -0.4 is 19.8 Å². The van der Waals surface area contributed by atoms with Crippen LogP contribution in [0.3, 0.4) is 0 Å². The summed E-state index contributed by atoms with van der Waals surface area (Å²) in [6, 6.07) is 8.91. The average molecular weight is 1080 g/mol. The molecule has 0 radical (unpaired) electrons. The number of nitrogens with zero attached hydrogens (tertiary/aromatic N) is 11. The molecular formula is C43H48BCl3F2IN11O5. The van der Waals surface area contributed by atoms with Crippen LogP contribution in [0.4, 0.5) is 8.78 Å². The Labute approximate surface area is 409 Å². The van der Waals surface area contributed by atoms with Crippen LogP contribution in [0.5, 0.6) is 17.6 Å². The summed E-state index contributed by atoms with van der Waals surface area (Å²) in [4.78, 5) is 33.2. The number of aromatic nitrogens is 11. The van der Waals surface area contributed by atoms with Crippen molar-refractivity contribution >= 4 is 103 Å². The van der Waals surface area contributed by atoms with Crippen molar-refractivity contribution < 1.29 is 33.0 Å². The Balaban J connectivity index is 0.000000172. The molecule has 0 saturated carbocycles. The summed E-state index contributed by atoms with van der Waals surface area (Å²) >= 11 is 19.1. The lowest BCUT2D eigenvalue weighted by atomic mass is 9.85. The highest BCUT2D eigenvalue weighted by atomic mass is 127. The molecule has 0 bridgehead atoms. The number of fused-ring (bicyclic) bond motifs is 3. The van der Waals surface area contributed by atoms with E-state index >= 15 is 0 Å². The van der Waals surface area contributed by atoms with Gasteiger partial charge in [-0.15, -0.1) is 0 Å². The molecule has 0 atom stereocenters. The first-order chi connectivity index (χ1) is 31.1. The molecule has 0 spiro atoms. The first-order valence-electron chi connectivity index (χ1n) is 20.2. The van der Waals surface area contributed by atoms with Gasteiger partial charge in [0.05, 0.1) is 65.1 Å². The SMILES string of the molecule is COc1nc(-c2cc(Cl)ncc2F)cc2c1nc(C)n2C(C)C.COc1nc(B(O)O)cc2c1nc(C)n2C(C)C.COc1nc(Cl)cc2c1nc(C)n2C(C)C.Fc1cnc(Cl)cc1I. The Kier molecular flexibility index (Phi) is 17.5. The summed E-state index contributed by atoms with van der Waals surface area (Å²) < 4.78 is 48.9. The maximum atomic E-state index is 14.1. The number of methoxy groups -OCH3 is 3. The van der Waals surface area contributed by atoms with Crippen LogP contribution in [0.2, 0.25) is 15.5 Å². The van der Waals surface area contributed by atoms with Crippen LogP contribution in [0.15, 0.2) is 42.7 Å². The van der Waals surface area contributed by atoms with Crippen LogP contribution in [0, 0.1) is 36.0 Å². The number of rotatable bonds is 8. The van der Waals surface area contributed by atoms with Crippen molar-refractivity contribution in [2.45, 2.75) is 80.4 Å². The van der Waals surface area contributed by atoms with Gasteiger partial charge in [0.1, 0.15) is 32.9 Å². The Morgan fingerprint density at radius 3 is 1.39 bits per heavy atom. The van der Waals surface area contributed by atoms with E-state index in [-0.39, 0.29) is 34.2 Å². The second kappa shape index (κ2) is 22.2. The molecule has 8 aromatic rings. The normalized spacial score (nSPS) is 11.1. The van der Waals surface area contributed by atoms with Crippen LogP contribution in [-0.4, -0.2) is 92.1 Å². The lowest BCUT2D eigenvalue weighted by Gasteiger charge is -2.12. The molecule has 8 heterocycles. The van der Waals surface area contributed by atoms with E-state index in [4.69, 9.17) is 49.0 Å². The largest absolute Gasteiger partial charge is 0.508 e. The lowest BCUT2D eigenvalue weighted by Crippen LogP contribution is -2.33. The minimum absolute atomic E-state index is 0.154. The predicted molar refractivity (Wildman–Crippen MR) is 263 cm³/mol. The monoisotopic (exact) mass is 1080 g/mol. The van der Waals surface area contributed by atoms with Gasteiger partial charge < -0.3 is 38.0 Å². The Morgan fingerprint density at radius 2 is 0.970 bits per heavy atom. The quantitative estimate of drug-likeness (QED) is 0.0833. The molecule has 0 saturated heterocycles. The molecule has 0 unspecified atom stereocenters. The van der Waals surface area contributed by atoms with Crippen molar-refractivity contribution in [2.75, 3.05) is 21.3 Å². The Hall–Kier alpha value is -5.00. The van der Waals surface area contributed by atoms with E-state index in [0.29, 0.717) is 54.3 Å². The molecular weight excluding hydrogens is 1030 g/mol. The van der Waals surface area contributed by atoms with Crippen molar-refractivity contribution in [2.24, 2.45) is 0 Å². The highest BCUT2D eigenvalue weighted by molar-refractivity contribution is 14.1. The molecule has 16 nitrogen and oxygen atoms in total. The number of aryl methyl sites for hydroxylation is 3. The van der Waals surface area contributed by atoms with E-state index in [9.17, 15) is 18.8 Å². The molecule has 0 amide bonds. The summed E-state index contributed by atoms with van der Waals surface area (Å²) in [5, 5.41) is 19.4. The number of hydrogen-bond acceptors (Lipinski definition) is 13. The van der Waals surface area contributed by atoms with E-state index in [0.717, 1.165) is 51.9 Å². The molecule has 0 fully saturated rings. The van der Waals surface area contributed by atoms with Crippen LogP contribution in [0.1, 0.15) is 77.1 Å². The summed E-state index contributed by atoms with van der Waals surface area (Å²) in [6.45, 7) is 18.2. The minimum Gasteiger partial charge on any atom is -0.479 e. The third-order valence-corrected chi connectivity index (χ3v) is 11.2. The van der Waals surface area contributed by atoms with Crippen molar-refractivity contribution in [1.82, 2.24) is 53.6 Å². The van der Waals surface area contributed by atoms with Gasteiger partial charge in [-0.1, -0.05) is 34.8 Å². The zero-order valence-corrected chi connectivity index (χ0v) is 42.6. The predicted octanol–water partition coefficient (Wildman–Crippen LogP) is 9.65. The second-order valence-corrected chi connectivity index (χ2v) is 17.6. The maximum Gasteiger partial charge on any atom is 0.508 e. The minimum atomic E-state index is -1.63. The highest BCUT2D eigenvalue weighted by Gasteiger charge is 2.22. The standard InChI is InChI=1S/C16H16ClFN4O.C11H16BN3O3.C11H14ClN3O.C5H2ClFIN/c1-8(2)22-9(3)20-15-13(22)6-12(21-16(15)23-4)10-5-14(17)19-7-11(10)18;1-6(2)15-7(3)13-10-8(15)5-9(12(16)17)14-11(10)18-4;1-6(2)15-7(3)13-10-8(15)5-9(12)14-11(10)16-4;6-5-1-4(8)3(7)2-9-5/h5-8H,1-4H3;5-6,16-17H,1-4H3;5-6H,1-4H3;1-2H. The van der Waals surface area contributed by atoms with E-state index in [1.54, 1.807) is 19.2 Å². The fourth-order valence-corrected chi connectivity index (χ4v) is 8.30. The second-order valence-electron chi connectivity index (χ2n) is 15.3. The van der Waals surface area contributed by atoms with E-state index < -0.39 is 12.9 Å². The topological polar surface area (TPSA) is 186 Å². The van der Waals surface area contributed by atoms with Gasteiger partial charge in [-0.2, -0.15) is 4.98 Å². The Bertz CT molecular complexity index is 3010. The van der Waals surface area contributed by atoms with Gasteiger partial charge in [0.2, 0.25) is 17.6 Å². The average Bonchev–Trinajstić information content (AvgIpc) is 3.91. The maximum absolute atomic E-state index is 14.1. The van der Waals surface area contributed by atoms with Crippen LogP contribution in [-0.2, 0) is 0 Å². The first-order valence-corrected chi connectivity index (χ1v) is 22.4. The highest BCUT2D eigenvalue weighted by Crippen LogP contribution is 2.33. The number of pyridine rings is 5. The van der Waals surface area contributed by atoms with E-state index in [1.807, 2.05) is 67.8 Å². The molecule has 0 aromatic carbocycles. The van der Waals surface area contributed by atoms with Crippen molar-refractivity contribution in [1.29, 1.82) is 0 Å². The van der Waals surface area contributed by atoms with E-state index in [2.05, 4.69) is 76.7 Å². The van der Waals surface area contributed by atoms with Crippen molar-refractivity contribution in [3.05, 3.63) is 90.9 Å². The first kappa shape index (κ1) is 52.0. The number of hydrogen-bond donors (Lipinski definition) is 2. The number of ether oxygens (including phenoxy) is 3. The lowest BCUT2D eigenvalue weighted by molar-refractivity contribution is 0.399. The summed E-state index contributed by atoms with van der Waals surface area (Å²) in [5.74, 6) is 2.93. The summed E-state index contributed by atoms with van der Waals surface area (Å²) in [6.07, 6.45) is 2.19. The summed E-state index contributed by atoms with van der Waals surface area (Å²) in [7, 11) is 2.95. The molecule has 0 aliphatic heterocycles. The molecule has 0 aliphatic carbocycles. The molecule has 0 aliphatic rings. The number of imidazole rings is 3. The zero-order chi connectivity index (χ0) is 48.9. The van der Waals surface area contributed by atoms with Gasteiger partial charge in [0.15, 0.2) is 28.2 Å². The molecule has 350 valence electrons. The van der Waals surface area contributed by atoms with Crippen LogP contribution in [0.25, 0.3) is 44.4 Å². The van der Waals surface area contributed by atoms with Gasteiger partial charge in [-0.25, -0.2) is 43.7 Å². The zero-order valence-electron chi connectivity index (χ0n) is 38.2. The third-order valence-electron chi connectivity index (χ3n) is 9.72. The van der Waals surface area contributed by atoms with Gasteiger partial charge in [-0.05, 0) is 109 Å². The Morgan fingerprint density at radius 1 is 0.561 bits per heavy atom. The molecule has 66 heavy (non-hydrogen) atoms. The molecule has 2 N–H and O–H groups in total. The smallest absolute Gasteiger partial charge is 0.479 e. The van der Waals surface area contributed by atoms with E-state index in [1.165, 1.54) is 26.4 Å². The molecule has 23 heteroatoms. The number of halogens is 6. The summed E-state index contributed by atoms with van der Waals surface area (Å²) in [5.41, 5.74) is 5.50. The fraction of sp³-hybridized carbons (Fsp3) is 0.349. The third kappa shape index (κ3) is 11.6. The van der Waals surface area contributed by atoms with Gasteiger partial charge in [0, 0.05) is 29.8 Å². The van der Waals surface area contributed by atoms with Gasteiger partial charge >= 0.3 is 7.12 Å². The van der Waals surface area contributed by atoms with Crippen molar-refractivity contribution in [3.63, 3.8) is 0 Å². The fourth-order valence-electron chi connectivity index (χ4n) is 7.18. The molecule has 8 aromatic heterocycles. The van der Waals surface area contributed by atoms with Crippen LogP contribution >= 0.6 is 57.4 Å². The van der Waals surface area contributed by atoms with Gasteiger partial charge in [0.25, 0.3) is 0 Å². The molecule has 8 rings (SSSR count).